The van der Waals surface area contributed by atoms with Crippen molar-refractivity contribution in [3.63, 3.8) is 0 Å². The number of aliphatic hydroxyl groups is 2. The zero-order valence-corrected chi connectivity index (χ0v) is 8.01. The molecule has 2 rings (SSSR count). The van der Waals surface area contributed by atoms with Gasteiger partial charge in [0, 0.05) is 5.57 Å². The largest absolute Gasteiger partial charge is 0.466 e. The standard InChI is InChI=1S/C10H14O4/c1-14-10(13)6-3-2-5-7(6)4-8(11)9(5)12/h3,5,7-9,11-12H,2,4H2,1H3/t5-,7-,8-,9+/m1/s1. The number of ether oxygens (including phenoxy) is 1. The summed E-state index contributed by atoms with van der Waals surface area (Å²) < 4.78 is 4.64. The molecule has 1 fully saturated rings. The summed E-state index contributed by atoms with van der Waals surface area (Å²) in [6.07, 6.45) is 1.55. The van der Waals surface area contributed by atoms with Gasteiger partial charge in [-0.15, -0.1) is 0 Å². The van der Waals surface area contributed by atoms with E-state index >= 15 is 0 Å². The van der Waals surface area contributed by atoms with Crippen molar-refractivity contribution in [1.29, 1.82) is 0 Å². The Morgan fingerprint density at radius 2 is 2.29 bits per heavy atom. The second-order valence-corrected chi connectivity index (χ2v) is 3.95. The van der Waals surface area contributed by atoms with Crippen LogP contribution in [0, 0.1) is 11.8 Å². The van der Waals surface area contributed by atoms with Crippen LogP contribution >= 0.6 is 0 Å². The third kappa shape index (κ3) is 1.26. The normalized spacial score (nSPS) is 40.6. The highest BCUT2D eigenvalue weighted by Gasteiger charge is 2.47. The quantitative estimate of drug-likeness (QED) is 0.575. The summed E-state index contributed by atoms with van der Waals surface area (Å²) in [6.45, 7) is 0. The second-order valence-electron chi connectivity index (χ2n) is 3.95. The molecule has 4 nitrogen and oxygen atoms in total. The number of aliphatic hydroxyl groups excluding tert-OH is 2. The maximum absolute atomic E-state index is 11.3. The Labute approximate surface area is 82.2 Å². The maximum atomic E-state index is 11.3. The number of hydrogen-bond donors (Lipinski definition) is 2. The van der Waals surface area contributed by atoms with Gasteiger partial charge < -0.3 is 14.9 Å². The van der Waals surface area contributed by atoms with E-state index in [4.69, 9.17) is 0 Å². The average Bonchev–Trinajstić information content (AvgIpc) is 2.69. The number of fused-ring (bicyclic) bond motifs is 1. The Morgan fingerprint density at radius 3 is 2.93 bits per heavy atom. The Balaban J connectivity index is 2.15. The zero-order chi connectivity index (χ0) is 10.3. The minimum Gasteiger partial charge on any atom is -0.466 e. The first-order valence-electron chi connectivity index (χ1n) is 4.79. The van der Waals surface area contributed by atoms with Crippen LogP contribution in [0.1, 0.15) is 12.8 Å². The molecule has 0 unspecified atom stereocenters. The van der Waals surface area contributed by atoms with Crippen LogP contribution in [0.2, 0.25) is 0 Å². The van der Waals surface area contributed by atoms with Crippen molar-refractivity contribution < 1.29 is 19.7 Å². The van der Waals surface area contributed by atoms with Crippen molar-refractivity contribution in [3.8, 4) is 0 Å². The van der Waals surface area contributed by atoms with Gasteiger partial charge in [0.2, 0.25) is 0 Å². The predicted octanol–water partition coefficient (Wildman–Crippen LogP) is -0.153. The van der Waals surface area contributed by atoms with Gasteiger partial charge in [-0.05, 0) is 24.7 Å². The summed E-state index contributed by atoms with van der Waals surface area (Å²) in [7, 11) is 1.35. The molecular weight excluding hydrogens is 184 g/mol. The average molecular weight is 198 g/mol. The van der Waals surface area contributed by atoms with Gasteiger partial charge in [0.05, 0.1) is 19.3 Å². The first kappa shape index (κ1) is 9.68. The molecule has 0 amide bonds. The van der Waals surface area contributed by atoms with E-state index in [0.717, 1.165) is 0 Å². The zero-order valence-electron chi connectivity index (χ0n) is 8.01. The third-order valence-electron chi connectivity index (χ3n) is 3.28. The minimum absolute atomic E-state index is 0.000833. The molecule has 0 heterocycles. The van der Waals surface area contributed by atoms with Crippen LogP contribution in [-0.2, 0) is 9.53 Å². The van der Waals surface area contributed by atoms with Crippen molar-refractivity contribution in [3.05, 3.63) is 11.6 Å². The van der Waals surface area contributed by atoms with E-state index in [1.807, 2.05) is 6.08 Å². The molecule has 0 aliphatic heterocycles. The minimum atomic E-state index is -0.696. The summed E-state index contributed by atoms with van der Waals surface area (Å²) in [5.41, 5.74) is 0.619. The number of hydrogen-bond acceptors (Lipinski definition) is 4. The van der Waals surface area contributed by atoms with Gasteiger partial charge in [-0.25, -0.2) is 4.79 Å². The highest BCUT2D eigenvalue weighted by atomic mass is 16.5. The smallest absolute Gasteiger partial charge is 0.333 e. The van der Waals surface area contributed by atoms with Crippen LogP contribution in [0.4, 0.5) is 0 Å². The van der Waals surface area contributed by atoms with Crippen LogP contribution in [0.15, 0.2) is 11.6 Å². The lowest BCUT2D eigenvalue weighted by molar-refractivity contribution is -0.136. The molecule has 14 heavy (non-hydrogen) atoms. The van der Waals surface area contributed by atoms with Crippen LogP contribution in [0.25, 0.3) is 0 Å². The lowest BCUT2D eigenvalue weighted by atomic mass is 9.94. The highest BCUT2D eigenvalue weighted by molar-refractivity contribution is 5.89. The van der Waals surface area contributed by atoms with Gasteiger partial charge in [-0.2, -0.15) is 0 Å². The first-order valence-corrected chi connectivity index (χ1v) is 4.79. The van der Waals surface area contributed by atoms with Crippen molar-refractivity contribution in [1.82, 2.24) is 0 Å². The highest BCUT2D eigenvalue weighted by Crippen LogP contribution is 2.44. The molecule has 0 aromatic heterocycles. The van der Waals surface area contributed by atoms with Crippen molar-refractivity contribution in [2.24, 2.45) is 11.8 Å². The van der Waals surface area contributed by atoms with E-state index in [9.17, 15) is 15.0 Å². The van der Waals surface area contributed by atoms with Gasteiger partial charge in [-0.1, -0.05) is 6.08 Å². The lowest BCUT2D eigenvalue weighted by Gasteiger charge is -2.14. The lowest BCUT2D eigenvalue weighted by Crippen LogP contribution is -2.24. The Morgan fingerprint density at radius 1 is 1.57 bits per heavy atom. The van der Waals surface area contributed by atoms with E-state index in [2.05, 4.69) is 4.74 Å². The summed E-state index contributed by atoms with van der Waals surface area (Å²) in [6, 6.07) is 0. The molecule has 0 saturated heterocycles. The van der Waals surface area contributed by atoms with Gasteiger partial charge in [0.1, 0.15) is 0 Å². The van der Waals surface area contributed by atoms with Gasteiger partial charge >= 0.3 is 5.97 Å². The van der Waals surface area contributed by atoms with E-state index in [1.165, 1.54) is 7.11 Å². The number of carbonyl (C=O) groups is 1. The maximum Gasteiger partial charge on any atom is 0.333 e. The molecular formula is C10H14O4. The van der Waals surface area contributed by atoms with Crippen LogP contribution in [-0.4, -0.2) is 35.5 Å². The van der Waals surface area contributed by atoms with Gasteiger partial charge in [0.25, 0.3) is 0 Å². The third-order valence-corrected chi connectivity index (χ3v) is 3.28. The number of esters is 1. The SMILES string of the molecule is COC(=O)C1=CC[C@H]2[C@H](O)[C@H](O)C[C@@H]12. The molecule has 0 aromatic rings. The van der Waals surface area contributed by atoms with Crippen LogP contribution in [0.5, 0.6) is 0 Å². The monoisotopic (exact) mass is 198 g/mol. The fourth-order valence-electron chi connectivity index (χ4n) is 2.53. The molecule has 2 aliphatic carbocycles. The van der Waals surface area contributed by atoms with Crippen molar-refractivity contribution >= 4 is 5.97 Å². The van der Waals surface area contributed by atoms with Crippen molar-refractivity contribution in [2.45, 2.75) is 25.0 Å². The van der Waals surface area contributed by atoms with E-state index < -0.39 is 12.2 Å². The molecule has 4 heteroatoms. The second kappa shape index (κ2) is 3.37. The first-order chi connectivity index (χ1) is 6.65. The molecule has 0 spiro atoms. The molecule has 2 N–H and O–H groups in total. The summed E-state index contributed by atoms with van der Waals surface area (Å²) in [5, 5.41) is 19.1. The number of methoxy groups -OCH3 is 1. The summed E-state index contributed by atoms with van der Waals surface area (Å²) in [4.78, 5) is 11.3. The Hall–Kier alpha value is -0.870. The van der Waals surface area contributed by atoms with E-state index in [1.54, 1.807) is 0 Å². The van der Waals surface area contributed by atoms with E-state index in [-0.39, 0.29) is 17.8 Å². The predicted molar refractivity (Wildman–Crippen MR) is 48.3 cm³/mol. The van der Waals surface area contributed by atoms with Gasteiger partial charge in [0.15, 0.2) is 0 Å². The van der Waals surface area contributed by atoms with Gasteiger partial charge in [-0.3, -0.25) is 0 Å². The van der Waals surface area contributed by atoms with Crippen LogP contribution < -0.4 is 0 Å². The Kier molecular flexibility index (Phi) is 2.33. The molecule has 4 atom stereocenters. The summed E-state index contributed by atoms with van der Waals surface area (Å²) in [5.74, 6) is -0.356. The summed E-state index contributed by atoms with van der Waals surface area (Å²) >= 11 is 0. The molecule has 0 radical (unpaired) electrons. The topological polar surface area (TPSA) is 66.8 Å². The van der Waals surface area contributed by atoms with Crippen LogP contribution in [0.3, 0.4) is 0 Å². The fraction of sp³-hybridized carbons (Fsp3) is 0.700. The molecule has 0 aromatic carbocycles. The molecule has 0 bridgehead atoms. The number of allylic oxidation sites excluding steroid dienone is 1. The van der Waals surface area contributed by atoms with Crippen molar-refractivity contribution in [2.75, 3.05) is 7.11 Å². The Bertz CT molecular complexity index is 284. The van der Waals surface area contributed by atoms with E-state index in [0.29, 0.717) is 18.4 Å². The molecule has 78 valence electrons. The molecule has 1 saturated carbocycles. The number of rotatable bonds is 1. The number of carbonyl (C=O) groups excluding carboxylic acids is 1. The fourth-order valence-corrected chi connectivity index (χ4v) is 2.53. The molecule has 2 aliphatic rings.